The Morgan fingerprint density at radius 3 is 2.33 bits per heavy atom. The normalized spacial score (nSPS) is 11.1. The average molecular weight is 311 g/mol. The minimum absolute atomic E-state index is 0.293. The maximum atomic E-state index is 12.8. The minimum atomic E-state index is -4.27. The third-order valence-corrected chi connectivity index (χ3v) is 3.86. The molecule has 0 spiro atoms. The molecule has 0 bridgehead atoms. The number of halogens is 1. The van der Waals surface area contributed by atoms with E-state index >= 15 is 0 Å². The number of aryl methyl sites for hydroxylation is 1. The molecule has 2 aromatic rings. The molecule has 0 aliphatic heterocycles. The molecule has 0 saturated heterocycles. The third-order valence-electron chi connectivity index (χ3n) is 2.61. The van der Waals surface area contributed by atoms with Gasteiger partial charge in [0.05, 0.1) is 4.92 Å². The van der Waals surface area contributed by atoms with Crippen LogP contribution >= 0.6 is 0 Å². The van der Waals surface area contributed by atoms with Gasteiger partial charge < -0.3 is 4.18 Å². The maximum absolute atomic E-state index is 12.8. The van der Waals surface area contributed by atoms with Gasteiger partial charge in [-0.2, -0.15) is 8.42 Å². The quantitative estimate of drug-likeness (QED) is 0.492. The first-order chi connectivity index (χ1) is 9.79. The van der Waals surface area contributed by atoms with E-state index in [1.54, 1.807) is 6.92 Å². The molecule has 0 aromatic heterocycles. The minimum Gasteiger partial charge on any atom is -0.372 e. The van der Waals surface area contributed by atoms with E-state index in [1.807, 2.05) is 0 Å². The van der Waals surface area contributed by atoms with E-state index in [1.165, 1.54) is 18.2 Å². The van der Waals surface area contributed by atoms with Gasteiger partial charge in [-0.05, 0) is 42.8 Å². The van der Waals surface area contributed by atoms with E-state index in [0.717, 1.165) is 24.3 Å². The molecule has 8 heteroatoms. The second-order valence-electron chi connectivity index (χ2n) is 4.22. The topological polar surface area (TPSA) is 86.5 Å². The van der Waals surface area contributed by atoms with Crippen LogP contribution in [0, 0.1) is 22.9 Å². The Hall–Kier alpha value is -2.48. The van der Waals surface area contributed by atoms with Gasteiger partial charge in [-0.15, -0.1) is 0 Å². The lowest BCUT2D eigenvalue weighted by atomic mass is 10.2. The van der Waals surface area contributed by atoms with Crippen LogP contribution in [0.25, 0.3) is 0 Å². The summed E-state index contributed by atoms with van der Waals surface area (Å²) in [6.07, 6.45) is 0. The Balaban J connectivity index is 2.41. The average Bonchev–Trinajstić information content (AvgIpc) is 2.41. The van der Waals surface area contributed by atoms with Crippen molar-refractivity contribution in [1.82, 2.24) is 0 Å². The molecule has 2 aromatic carbocycles. The van der Waals surface area contributed by atoms with Gasteiger partial charge in [-0.25, -0.2) is 4.39 Å². The third kappa shape index (κ3) is 3.34. The SMILES string of the molecule is Cc1ccc(OS(=O)(=O)c2ccc(F)cc2)c([N+](=O)[O-])c1. The summed E-state index contributed by atoms with van der Waals surface area (Å²) in [6, 6.07) is 7.85. The lowest BCUT2D eigenvalue weighted by Gasteiger charge is -2.07. The first-order valence-electron chi connectivity index (χ1n) is 5.75. The van der Waals surface area contributed by atoms with Crippen LogP contribution in [-0.4, -0.2) is 13.3 Å². The second-order valence-corrected chi connectivity index (χ2v) is 5.77. The van der Waals surface area contributed by atoms with Crippen molar-refractivity contribution in [3.63, 3.8) is 0 Å². The number of benzene rings is 2. The molecule has 0 unspecified atom stereocenters. The fourth-order valence-electron chi connectivity index (χ4n) is 1.61. The number of nitro benzene ring substituents is 1. The predicted octanol–water partition coefficient (Wildman–Crippen LogP) is 2.81. The van der Waals surface area contributed by atoms with Crippen molar-refractivity contribution in [3.05, 3.63) is 64.0 Å². The number of rotatable bonds is 4. The number of hydrogen-bond donors (Lipinski definition) is 0. The maximum Gasteiger partial charge on any atom is 0.339 e. The molecule has 0 fully saturated rings. The van der Waals surface area contributed by atoms with Gasteiger partial charge in [0.2, 0.25) is 5.75 Å². The summed E-state index contributed by atoms with van der Waals surface area (Å²) < 4.78 is 41.6. The molecule has 110 valence electrons. The summed E-state index contributed by atoms with van der Waals surface area (Å²) in [5.74, 6) is -0.995. The van der Waals surface area contributed by atoms with E-state index in [-0.39, 0.29) is 4.90 Å². The summed E-state index contributed by atoms with van der Waals surface area (Å²) in [7, 11) is -4.27. The van der Waals surface area contributed by atoms with Crippen molar-refractivity contribution in [2.24, 2.45) is 0 Å². The molecule has 21 heavy (non-hydrogen) atoms. The monoisotopic (exact) mass is 311 g/mol. The van der Waals surface area contributed by atoms with Gasteiger partial charge in [0.1, 0.15) is 10.7 Å². The molecule has 0 aliphatic carbocycles. The van der Waals surface area contributed by atoms with Crippen LogP contribution in [0.3, 0.4) is 0 Å². The van der Waals surface area contributed by atoms with Crippen LogP contribution < -0.4 is 4.18 Å². The molecule has 6 nitrogen and oxygen atoms in total. The van der Waals surface area contributed by atoms with E-state index < -0.39 is 32.3 Å². The van der Waals surface area contributed by atoms with Gasteiger partial charge in [0, 0.05) is 6.07 Å². The molecular weight excluding hydrogens is 301 g/mol. The van der Waals surface area contributed by atoms with E-state index in [9.17, 15) is 22.9 Å². The van der Waals surface area contributed by atoms with E-state index in [2.05, 4.69) is 0 Å². The first kappa shape index (κ1) is 14.9. The van der Waals surface area contributed by atoms with Crippen molar-refractivity contribution in [1.29, 1.82) is 0 Å². The molecule has 0 radical (unpaired) electrons. The van der Waals surface area contributed by atoms with Crippen molar-refractivity contribution in [3.8, 4) is 5.75 Å². The highest BCUT2D eigenvalue weighted by Crippen LogP contribution is 2.30. The largest absolute Gasteiger partial charge is 0.372 e. The summed E-state index contributed by atoms with van der Waals surface area (Å²) in [4.78, 5) is 9.90. The summed E-state index contributed by atoms with van der Waals surface area (Å²) in [6.45, 7) is 1.63. The highest BCUT2D eigenvalue weighted by molar-refractivity contribution is 7.87. The smallest absolute Gasteiger partial charge is 0.339 e. The second kappa shape index (κ2) is 5.49. The van der Waals surface area contributed by atoms with Crippen molar-refractivity contribution < 1.29 is 21.9 Å². The zero-order valence-electron chi connectivity index (χ0n) is 10.8. The Bertz CT molecular complexity index is 787. The zero-order chi connectivity index (χ0) is 15.6. The Kier molecular flexibility index (Phi) is 3.90. The zero-order valence-corrected chi connectivity index (χ0v) is 11.6. The van der Waals surface area contributed by atoms with Crippen LogP contribution in [0.4, 0.5) is 10.1 Å². The molecule has 0 atom stereocenters. The molecule has 2 rings (SSSR count). The molecule has 0 amide bonds. The molecule has 0 heterocycles. The van der Waals surface area contributed by atoms with Gasteiger partial charge in [0.25, 0.3) is 0 Å². The van der Waals surface area contributed by atoms with Gasteiger partial charge in [-0.3, -0.25) is 10.1 Å². The Morgan fingerprint density at radius 2 is 1.76 bits per heavy atom. The highest BCUT2D eigenvalue weighted by atomic mass is 32.2. The highest BCUT2D eigenvalue weighted by Gasteiger charge is 2.23. The standard InChI is InChI=1S/C13H10FNO5S/c1-9-2-7-13(12(8-9)15(16)17)20-21(18,19)11-5-3-10(14)4-6-11/h2-8H,1H3. The molecular formula is C13H10FNO5S. The lowest BCUT2D eigenvalue weighted by molar-refractivity contribution is -0.385. The van der Waals surface area contributed by atoms with Crippen LogP contribution in [0.2, 0.25) is 0 Å². The van der Waals surface area contributed by atoms with Gasteiger partial charge >= 0.3 is 15.8 Å². The van der Waals surface area contributed by atoms with E-state index in [0.29, 0.717) is 5.56 Å². The van der Waals surface area contributed by atoms with Crippen molar-refractivity contribution in [2.75, 3.05) is 0 Å². The van der Waals surface area contributed by atoms with E-state index in [4.69, 9.17) is 4.18 Å². The fraction of sp³-hybridized carbons (Fsp3) is 0.0769. The Labute approximate surface area is 120 Å². The van der Waals surface area contributed by atoms with Crippen LogP contribution in [0.1, 0.15) is 5.56 Å². The summed E-state index contributed by atoms with van der Waals surface area (Å²) in [5.41, 5.74) is 0.133. The number of nitrogens with zero attached hydrogens (tertiary/aromatic N) is 1. The van der Waals surface area contributed by atoms with Crippen LogP contribution in [-0.2, 0) is 10.1 Å². The predicted molar refractivity (Wildman–Crippen MR) is 72.0 cm³/mol. The number of hydrogen-bond acceptors (Lipinski definition) is 5. The van der Waals surface area contributed by atoms with Crippen LogP contribution in [0.15, 0.2) is 47.4 Å². The van der Waals surface area contributed by atoms with Gasteiger partial charge in [0.15, 0.2) is 0 Å². The molecule has 0 saturated carbocycles. The molecule has 0 N–H and O–H groups in total. The fourth-order valence-corrected chi connectivity index (χ4v) is 2.55. The lowest BCUT2D eigenvalue weighted by Crippen LogP contribution is -2.11. The van der Waals surface area contributed by atoms with Crippen molar-refractivity contribution >= 4 is 15.8 Å². The molecule has 0 aliphatic rings. The summed E-state index contributed by atoms with van der Waals surface area (Å²) in [5, 5.41) is 10.9. The Morgan fingerprint density at radius 1 is 1.14 bits per heavy atom. The van der Waals surface area contributed by atoms with Crippen LogP contribution in [0.5, 0.6) is 5.75 Å². The summed E-state index contributed by atoms with van der Waals surface area (Å²) >= 11 is 0. The first-order valence-corrected chi connectivity index (χ1v) is 7.15. The van der Waals surface area contributed by atoms with Crippen molar-refractivity contribution in [2.45, 2.75) is 11.8 Å². The number of nitro groups is 1. The van der Waals surface area contributed by atoms with Gasteiger partial charge in [-0.1, -0.05) is 6.07 Å².